The zero-order valence-electron chi connectivity index (χ0n) is 17.0. The number of nitrogens with one attached hydrogen (secondary N) is 1. The molecule has 154 valence electrons. The molecular weight excluding hydrogens is 368 g/mol. The third kappa shape index (κ3) is 5.73. The van der Waals surface area contributed by atoms with E-state index in [0.29, 0.717) is 36.8 Å². The highest BCUT2D eigenvalue weighted by molar-refractivity contribution is 5.94. The fourth-order valence-electron chi connectivity index (χ4n) is 3.32. The van der Waals surface area contributed by atoms with Crippen LogP contribution in [0.2, 0.25) is 0 Å². The molecule has 0 saturated carbocycles. The van der Waals surface area contributed by atoms with E-state index in [2.05, 4.69) is 5.32 Å². The number of carbonyl (C=O) groups is 2. The standard InChI is InChI=1S/C23H28N2O4/c1-3-28-20-6-4-5-7-21(20)29-16-22(26)25-14-12-19(13-15-25)24-23(27)18-10-8-17(2)9-11-18/h4-11,19H,3,12-16H2,1-2H3,(H,24,27). The van der Waals surface area contributed by atoms with E-state index in [1.165, 1.54) is 0 Å². The van der Waals surface area contributed by atoms with Gasteiger partial charge in [-0.25, -0.2) is 0 Å². The van der Waals surface area contributed by atoms with Crippen LogP contribution in [-0.2, 0) is 4.79 Å². The summed E-state index contributed by atoms with van der Waals surface area (Å²) in [6.45, 7) is 5.63. The van der Waals surface area contributed by atoms with Crippen LogP contribution in [0.15, 0.2) is 48.5 Å². The second-order valence-electron chi connectivity index (χ2n) is 7.16. The Morgan fingerprint density at radius 3 is 2.24 bits per heavy atom. The maximum atomic E-state index is 12.5. The smallest absolute Gasteiger partial charge is 0.260 e. The molecule has 0 aromatic heterocycles. The van der Waals surface area contributed by atoms with Gasteiger partial charge in [-0.3, -0.25) is 9.59 Å². The van der Waals surface area contributed by atoms with E-state index >= 15 is 0 Å². The Hall–Kier alpha value is -3.02. The fraction of sp³-hybridized carbons (Fsp3) is 0.391. The summed E-state index contributed by atoms with van der Waals surface area (Å²) in [7, 11) is 0. The van der Waals surface area contributed by atoms with Gasteiger partial charge in [0.2, 0.25) is 0 Å². The van der Waals surface area contributed by atoms with E-state index in [0.717, 1.165) is 18.4 Å². The van der Waals surface area contributed by atoms with Gasteiger partial charge in [0.25, 0.3) is 11.8 Å². The summed E-state index contributed by atoms with van der Waals surface area (Å²) < 4.78 is 11.2. The van der Waals surface area contributed by atoms with Gasteiger partial charge in [0.1, 0.15) is 0 Å². The van der Waals surface area contributed by atoms with Crippen LogP contribution in [-0.4, -0.2) is 49.1 Å². The monoisotopic (exact) mass is 396 g/mol. The minimum absolute atomic E-state index is 0.0233. The van der Waals surface area contributed by atoms with Crippen molar-refractivity contribution in [3.63, 3.8) is 0 Å². The summed E-state index contributed by atoms with van der Waals surface area (Å²) in [5, 5.41) is 3.07. The molecule has 0 unspecified atom stereocenters. The van der Waals surface area contributed by atoms with Crippen LogP contribution in [0.25, 0.3) is 0 Å². The molecule has 1 aliphatic heterocycles. The fourth-order valence-corrected chi connectivity index (χ4v) is 3.32. The summed E-state index contributed by atoms with van der Waals surface area (Å²) in [5.74, 6) is 1.09. The number of hydrogen-bond acceptors (Lipinski definition) is 4. The number of carbonyl (C=O) groups excluding carboxylic acids is 2. The average Bonchev–Trinajstić information content (AvgIpc) is 2.74. The molecule has 29 heavy (non-hydrogen) atoms. The van der Waals surface area contributed by atoms with Gasteiger partial charge in [0, 0.05) is 24.7 Å². The summed E-state index contributed by atoms with van der Waals surface area (Å²) in [5.41, 5.74) is 1.79. The van der Waals surface area contributed by atoms with Crippen molar-refractivity contribution in [1.29, 1.82) is 0 Å². The first-order chi connectivity index (χ1) is 14.1. The van der Waals surface area contributed by atoms with Crippen molar-refractivity contribution in [3.05, 3.63) is 59.7 Å². The number of para-hydroxylation sites is 2. The van der Waals surface area contributed by atoms with Gasteiger partial charge in [0.15, 0.2) is 18.1 Å². The normalized spacial score (nSPS) is 14.3. The third-order valence-electron chi connectivity index (χ3n) is 5.00. The van der Waals surface area contributed by atoms with E-state index in [1.807, 2.05) is 56.3 Å². The van der Waals surface area contributed by atoms with E-state index in [9.17, 15) is 9.59 Å². The Balaban J connectivity index is 1.45. The molecule has 0 radical (unpaired) electrons. The molecule has 1 aliphatic rings. The predicted octanol–water partition coefficient (Wildman–Crippen LogP) is 3.19. The lowest BCUT2D eigenvalue weighted by Gasteiger charge is -2.32. The topological polar surface area (TPSA) is 67.9 Å². The molecule has 6 nitrogen and oxygen atoms in total. The van der Waals surface area contributed by atoms with Crippen molar-refractivity contribution in [2.24, 2.45) is 0 Å². The first kappa shape index (κ1) is 20.7. The maximum Gasteiger partial charge on any atom is 0.260 e. The summed E-state index contributed by atoms with van der Waals surface area (Å²) in [6.07, 6.45) is 1.47. The number of amides is 2. The molecule has 0 bridgehead atoms. The van der Waals surface area contributed by atoms with Gasteiger partial charge < -0.3 is 19.7 Å². The molecule has 2 aromatic rings. The van der Waals surface area contributed by atoms with Crippen LogP contribution in [0.5, 0.6) is 11.5 Å². The van der Waals surface area contributed by atoms with Gasteiger partial charge in [-0.05, 0) is 51.0 Å². The van der Waals surface area contributed by atoms with Crippen molar-refractivity contribution >= 4 is 11.8 Å². The van der Waals surface area contributed by atoms with Gasteiger partial charge in [-0.2, -0.15) is 0 Å². The minimum atomic E-state index is -0.0642. The predicted molar refractivity (Wildman–Crippen MR) is 111 cm³/mol. The number of aryl methyl sites for hydroxylation is 1. The molecule has 3 rings (SSSR count). The second-order valence-corrected chi connectivity index (χ2v) is 7.16. The van der Waals surface area contributed by atoms with Crippen LogP contribution >= 0.6 is 0 Å². The molecule has 1 fully saturated rings. The molecule has 0 aliphatic carbocycles. The van der Waals surface area contributed by atoms with Crippen molar-refractivity contribution in [3.8, 4) is 11.5 Å². The lowest BCUT2D eigenvalue weighted by atomic mass is 10.0. The molecule has 2 amide bonds. The quantitative estimate of drug-likeness (QED) is 0.780. The number of likely N-dealkylation sites (tertiary alicyclic amines) is 1. The van der Waals surface area contributed by atoms with Crippen LogP contribution in [0, 0.1) is 6.92 Å². The lowest BCUT2D eigenvalue weighted by molar-refractivity contribution is -0.134. The van der Waals surface area contributed by atoms with Crippen molar-refractivity contribution in [2.45, 2.75) is 32.7 Å². The molecule has 1 heterocycles. The molecule has 1 N–H and O–H groups in total. The molecule has 6 heteroatoms. The molecule has 2 aromatic carbocycles. The SMILES string of the molecule is CCOc1ccccc1OCC(=O)N1CCC(NC(=O)c2ccc(C)cc2)CC1. The molecule has 0 atom stereocenters. The zero-order chi connectivity index (χ0) is 20.6. The number of ether oxygens (including phenoxy) is 2. The van der Waals surface area contributed by atoms with E-state index in [1.54, 1.807) is 11.0 Å². The van der Waals surface area contributed by atoms with Gasteiger partial charge in [-0.15, -0.1) is 0 Å². The average molecular weight is 396 g/mol. The number of benzene rings is 2. The summed E-state index contributed by atoms with van der Waals surface area (Å²) in [4.78, 5) is 26.6. The second kappa shape index (κ2) is 9.96. The van der Waals surface area contributed by atoms with E-state index in [4.69, 9.17) is 9.47 Å². The zero-order valence-corrected chi connectivity index (χ0v) is 17.0. The maximum absolute atomic E-state index is 12.5. The minimum Gasteiger partial charge on any atom is -0.490 e. The van der Waals surface area contributed by atoms with Crippen molar-refractivity contribution in [1.82, 2.24) is 10.2 Å². The van der Waals surface area contributed by atoms with E-state index in [-0.39, 0.29) is 24.5 Å². The lowest BCUT2D eigenvalue weighted by Crippen LogP contribution is -2.47. The van der Waals surface area contributed by atoms with Crippen LogP contribution in [0.3, 0.4) is 0 Å². The number of hydrogen-bond donors (Lipinski definition) is 1. The van der Waals surface area contributed by atoms with Crippen LogP contribution < -0.4 is 14.8 Å². The van der Waals surface area contributed by atoms with Crippen molar-refractivity contribution < 1.29 is 19.1 Å². The highest BCUT2D eigenvalue weighted by Gasteiger charge is 2.24. The highest BCUT2D eigenvalue weighted by Crippen LogP contribution is 2.26. The summed E-state index contributed by atoms with van der Waals surface area (Å²) in [6, 6.07) is 14.9. The number of rotatable bonds is 7. The Labute approximate surface area is 171 Å². The number of piperidine rings is 1. The highest BCUT2D eigenvalue weighted by atomic mass is 16.5. The first-order valence-corrected chi connectivity index (χ1v) is 10.1. The molecule has 0 spiro atoms. The Kier molecular flexibility index (Phi) is 7.11. The van der Waals surface area contributed by atoms with Gasteiger partial charge in [0.05, 0.1) is 6.61 Å². The number of nitrogens with zero attached hydrogens (tertiary/aromatic N) is 1. The van der Waals surface area contributed by atoms with Crippen LogP contribution in [0.4, 0.5) is 0 Å². The van der Waals surface area contributed by atoms with E-state index < -0.39 is 0 Å². The Morgan fingerprint density at radius 1 is 1.00 bits per heavy atom. The van der Waals surface area contributed by atoms with Crippen molar-refractivity contribution in [2.75, 3.05) is 26.3 Å². The molecular formula is C23H28N2O4. The summed E-state index contributed by atoms with van der Waals surface area (Å²) >= 11 is 0. The Morgan fingerprint density at radius 2 is 1.62 bits per heavy atom. The van der Waals surface area contributed by atoms with Gasteiger partial charge in [-0.1, -0.05) is 29.8 Å². The first-order valence-electron chi connectivity index (χ1n) is 10.1. The third-order valence-corrected chi connectivity index (χ3v) is 5.00. The molecule has 1 saturated heterocycles. The van der Waals surface area contributed by atoms with Gasteiger partial charge >= 0.3 is 0 Å². The van der Waals surface area contributed by atoms with Crippen LogP contribution in [0.1, 0.15) is 35.7 Å². The largest absolute Gasteiger partial charge is 0.490 e. The Bertz CT molecular complexity index is 827.